The fourth-order valence-electron chi connectivity index (χ4n) is 4.63. The molecule has 2 saturated heterocycles. The molecule has 3 heterocycles. The summed E-state index contributed by atoms with van der Waals surface area (Å²) in [6, 6.07) is 7.62. The summed E-state index contributed by atoms with van der Waals surface area (Å²) >= 11 is 5.91. The zero-order valence-corrected chi connectivity index (χ0v) is 21.5. The number of rotatable bonds is 9. The van der Waals surface area contributed by atoms with Crippen LogP contribution in [-0.4, -0.2) is 72.3 Å². The van der Waals surface area contributed by atoms with Crippen LogP contribution in [0.2, 0.25) is 5.02 Å². The van der Waals surface area contributed by atoms with E-state index >= 15 is 0 Å². The lowest BCUT2D eigenvalue weighted by Gasteiger charge is -2.24. The molecule has 200 valence electrons. The highest BCUT2D eigenvalue weighted by Crippen LogP contribution is 2.32. The van der Waals surface area contributed by atoms with E-state index in [4.69, 9.17) is 25.8 Å². The molecular weight excluding hydrogens is 518 g/mol. The monoisotopic (exact) mass is 544 g/mol. The van der Waals surface area contributed by atoms with Crippen molar-refractivity contribution in [2.75, 3.05) is 44.8 Å². The number of aromatic nitrogens is 2. The zero-order chi connectivity index (χ0) is 26.6. The van der Waals surface area contributed by atoms with Crippen LogP contribution in [0.15, 0.2) is 48.6 Å². The second-order valence-electron chi connectivity index (χ2n) is 9.08. The lowest BCUT2D eigenvalue weighted by atomic mass is 10.0. The molecule has 8 nitrogen and oxygen atoms in total. The Morgan fingerprint density at radius 1 is 1.21 bits per heavy atom. The van der Waals surface area contributed by atoms with Crippen molar-refractivity contribution in [2.24, 2.45) is 0 Å². The summed E-state index contributed by atoms with van der Waals surface area (Å²) in [5, 5.41) is 3.66. The second kappa shape index (κ2) is 11.7. The van der Waals surface area contributed by atoms with Gasteiger partial charge in [-0.15, -0.1) is 0 Å². The van der Waals surface area contributed by atoms with Gasteiger partial charge in [0.1, 0.15) is 23.7 Å². The Kier molecular flexibility index (Phi) is 8.13. The van der Waals surface area contributed by atoms with E-state index in [0.717, 1.165) is 0 Å². The van der Waals surface area contributed by atoms with E-state index in [1.807, 2.05) is 11.8 Å². The molecule has 1 N–H and O–H groups in total. The lowest BCUT2D eigenvalue weighted by Crippen LogP contribution is -2.36. The van der Waals surface area contributed by atoms with E-state index in [-0.39, 0.29) is 30.2 Å². The van der Waals surface area contributed by atoms with Crippen molar-refractivity contribution in [1.29, 1.82) is 0 Å². The quantitative estimate of drug-likeness (QED) is 0.390. The maximum Gasteiger partial charge on any atom is 0.195 e. The fourth-order valence-corrected chi connectivity index (χ4v) is 4.81. The van der Waals surface area contributed by atoms with Crippen LogP contribution in [0.25, 0.3) is 10.9 Å². The first-order valence-corrected chi connectivity index (χ1v) is 12.8. The van der Waals surface area contributed by atoms with Crippen LogP contribution >= 0.6 is 11.6 Å². The third-order valence-electron chi connectivity index (χ3n) is 6.48. The SMILES string of the molecule is CCOc1cc2ncnc(Nc3ccc(F)c(Cl)c3)c2cc1CC(=O)/C(F)=C\CN1C[C@@H]2OCCO[C@@H]2C1. The minimum atomic E-state index is -0.812. The summed E-state index contributed by atoms with van der Waals surface area (Å²) < 4.78 is 45.6. The molecule has 0 aliphatic carbocycles. The van der Waals surface area contributed by atoms with E-state index in [1.54, 1.807) is 12.1 Å². The van der Waals surface area contributed by atoms with Gasteiger partial charge in [-0.1, -0.05) is 11.6 Å². The van der Waals surface area contributed by atoms with Gasteiger partial charge >= 0.3 is 0 Å². The number of carbonyl (C=O) groups excluding carboxylic acids is 1. The van der Waals surface area contributed by atoms with Gasteiger partial charge < -0.3 is 19.5 Å². The molecule has 5 rings (SSSR count). The van der Waals surface area contributed by atoms with Crippen LogP contribution in [-0.2, 0) is 20.7 Å². The van der Waals surface area contributed by atoms with Gasteiger partial charge in [0.2, 0.25) is 0 Å². The molecule has 3 aromatic rings. The van der Waals surface area contributed by atoms with Gasteiger partial charge in [0.25, 0.3) is 0 Å². The molecule has 2 aliphatic heterocycles. The number of benzene rings is 2. The number of hydrogen-bond acceptors (Lipinski definition) is 8. The summed E-state index contributed by atoms with van der Waals surface area (Å²) in [6.07, 6.45) is 2.44. The molecule has 0 spiro atoms. The van der Waals surface area contributed by atoms with Gasteiger partial charge in [0.15, 0.2) is 11.6 Å². The molecule has 2 aliphatic rings. The van der Waals surface area contributed by atoms with E-state index in [1.165, 1.54) is 30.6 Å². The Balaban J connectivity index is 1.35. The van der Waals surface area contributed by atoms with Crippen molar-refractivity contribution in [1.82, 2.24) is 14.9 Å². The molecule has 0 bridgehead atoms. The Morgan fingerprint density at radius 3 is 2.68 bits per heavy atom. The fraction of sp³-hybridized carbons (Fsp3) is 0.370. The average molecular weight is 545 g/mol. The number of carbonyl (C=O) groups is 1. The number of ketones is 1. The van der Waals surface area contributed by atoms with Crippen LogP contribution in [0.1, 0.15) is 12.5 Å². The molecular formula is C27H27ClF2N4O4. The highest BCUT2D eigenvalue weighted by Gasteiger charge is 2.36. The number of hydrogen-bond donors (Lipinski definition) is 1. The maximum absolute atomic E-state index is 14.9. The smallest absolute Gasteiger partial charge is 0.195 e. The molecule has 0 radical (unpaired) electrons. The molecule has 11 heteroatoms. The average Bonchev–Trinajstić information content (AvgIpc) is 3.33. The Labute approximate surface area is 223 Å². The molecule has 0 saturated carbocycles. The summed E-state index contributed by atoms with van der Waals surface area (Å²) in [5.74, 6) is -1.15. The summed E-state index contributed by atoms with van der Waals surface area (Å²) in [7, 11) is 0. The lowest BCUT2D eigenvalue weighted by molar-refractivity contribution is -0.116. The predicted octanol–water partition coefficient (Wildman–Crippen LogP) is 4.63. The van der Waals surface area contributed by atoms with E-state index in [9.17, 15) is 13.6 Å². The van der Waals surface area contributed by atoms with Crippen LogP contribution < -0.4 is 10.1 Å². The number of nitrogens with zero attached hydrogens (tertiary/aromatic N) is 3. The van der Waals surface area contributed by atoms with Crippen molar-refractivity contribution >= 4 is 39.8 Å². The first-order valence-electron chi connectivity index (χ1n) is 12.4. The summed E-state index contributed by atoms with van der Waals surface area (Å²) in [6.45, 7) is 4.86. The van der Waals surface area contributed by atoms with Crippen molar-refractivity contribution in [2.45, 2.75) is 25.6 Å². The van der Waals surface area contributed by atoms with Gasteiger partial charge in [-0.2, -0.15) is 0 Å². The number of anilines is 2. The topological polar surface area (TPSA) is 85.8 Å². The Bertz CT molecular complexity index is 1360. The van der Waals surface area contributed by atoms with Gasteiger partial charge in [0.05, 0.1) is 42.6 Å². The molecule has 0 unspecified atom stereocenters. The van der Waals surface area contributed by atoms with Crippen molar-refractivity contribution < 1.29 is 27.8 Å². The van der Waals surface area contributed by atoms with E-state index in [0.29, 0.717) is 66.6 Å². The van der Waals surface area contributed by atoms with Gasteiger partial charge in [-0.3, -0.25) is 9.69 Å². The van der Waals surface area contributed by atoms with Crippen molar-refractivity contribution in [3.8, 4) is 5.75 Å². The number of Topliss-reactive ketones (excluding diaryl/α,β-unsaturated/α-hetero) is 1. The molecule has 2 fully saturated rings. The van der Waals surface area contributed by atoms with E-state index in [2.05, 4.69) is 15.3 Å². The van der Waals surface area contributed by atoms with Crippen molar-refractivity contribution in [3.63, 3.8) is 0 Å². The molecule has 38 heavy (non-hydrogen) atoms. The molecule has 0 amide bonds. The second-order valence-corrected chi connectivity index (χ2v) is 9.48. The molecule has 2 aromatic carbocycles. The van der Waals surface area contributed by atoms with Crippen LogP contribution in [0.4, 0.5) is 20.3 Å². The first-order chi connectivity index (χ1) is 18.4. The highest BCUT2D eigenvalue weighted by atomic mass is 35.5. The maximum atomic E-state index is 14.9. The Morgan fingerprint density at radius 2 is 1.97 bits per heavy atom. The van der Waals surface area contributed by atoms with Crippen LogP contribution in [0, 0.1) is 5.82 Å². The first kappa shape index (κ1) is 26.4. The largest absolute Gasteiger partial charge is 0.494 e. The number of allylic oxidation sites excluding steroid dienone is 1. The summed E-state index contributed by atoms with van der Waals surface area (Å²) in [4.78, 5) is 23.4. The standard InChI is InChI=1S/C27H27ClF2N4O4/c1-2-36-24-12-22-18(27(32-15-31-22)33-17-3-4-20(29)19(28)11-17)9-16(24)10-23(35)21(30)5-6-34-13-25-26(14-34)38-8-7-37-25/h3-5,9,11-12,15,25-26H,2,6-8,10,13-14H2,1H3,(H,31,32,33)/b21-5+/t25-,26+. The number of ether oxygens (including phenoxy) is 3. The van der Waals surface area contributed by atoms with Crippen LogP contribution in [0.5, 0.6) is 5.75 Å². The van der Waals surface area contributed by atoms with Gasteiger partial charge in [0, 0.05) is 48.8 Å². The van der Waals surface area contributed by atoms with E-state index < -0.39 is 17.4 Å². The van der Waals surface area contributed by atoms with Crippen LogP contribution in [0.3, 0.4) is 0 Å². The Hall–Kier alpha value is -3.18. The molecule has 2 atom stereocenters. The zero-order valence-electron chi connectivity index (χ0n) is 20.8. The number of halogens is 3. The number of likely N-dealkylation sites (tertiary alicyclic amines) is 1. The highest BCUT2D eigenvalue weighted by molar-refractivity contribution is 6.31. The third kappa shape index (κ3) is 5.94. The summed E-state index contributed by atoms with van der Waals surface area (Å²) in [5.41, 5.74) is 1.58. The number of nitrogens with one attached hydrogen (secondary N) is 1. The van der Waals surface area contributed by atoms with Gasteiger partial charge in [-0.05, 0) is 37.3 Å². The predicted molar refractivity (Wildman–Crippen MR) is 139 cm³/mol. The third-order valence-corrected chi connectivity index (χ3v) is 6.77. The van der Waals surface area contributed by atoms with Crippen molar-refractivity contribution in [3.05, 3.63) is 65.0 Å². The minimum absolute atomic E-state index is 0.0155. The molecule has 1 aromatic heterocycles. The number of fused-ring (bicyclic) bond motifs is 2. The minimum Gasteiger partial charge on any atom is -0.494 e. The normalized spacial score (nSPS) is 19.9. The van der Waals surface area contributed by atoms with Gasteiger partial charge in [-0.25, -0.2) is 18.7 Å².